The number of carbonyl (C=O) groups is 1. The van der Waals surface area contributed by atoms with Crippen molar-refractivity contribution in [1.82, 2.24) is 10.3 Å². The van der Waals surface area contributed by atoms with Crippen LogP contribution in [0, 0.1) is 6.92 Å². The van der Waals surface area contributed by atoms with Crippen molar-refractivity contribution in [3.63, 3.8) is 0 Å². The predicted octanol–water partition coefficient (Wildman–Crippen LogP) is 2.68. The van der Waals surface area contributed by atoms with Crippen LogP contribution in [0.3, 0.4) is 0 Å². The lowest BCUT2D eigenvalue weighted by Gasteiger charge is -2.12. The van der Waals surface area contributed by atoms with Crippen LogP contribution in [0.2, 0.25) is 0 Å². The smallest absolute Gasteiger partial charge is 0.270 e. The number of aromatic nitrogens is 1. The Kier molecular flexibility index (Phi) is 5.46. The molecule has 0 radical (unpaired) electrons. The van der Waals surface area contributed by atoms with E-state index in [-0.39, 0.29) is 11.9 Å². The zero-order valence-electron chi connectivity index (χ0n) is 9.66. The molecule has 0 saturated heterocycles. The Morgan fingerprint density at radius 1 is 1.56 bits per heavy atom. The third kappa shape index (κ3) is 4.31. The number of rotatable bonds is 5. The summed E-state index contributed by atoms with van der Waals surface area (Å²) in [6.07, 6.45) is 2.03. The van der Waals surface area contributed by atoms with Crippen LogP contribution in [0.5, 0.6) is 0 Å². The topological polar surface area (TPSA) is 42.0 Å². The molecular weight excluding hydrogens is 268 g/mol. The van der Waals surface area contributed by atoms with Gasteiger partial charge in [-0.2, -0.15) is 0 Å². The number of pyridine rings is 1. The standard InChI is InChI=1S/C12H17BrN2O/c1-9-5-3-7-11(14-9)12(16)15-10(2)6-4-8-13/h3,5,7,10H,4,6,8H2,1-2H3,(H,15,16). The van der Waals surface area contributed by atoms with E-state index in [4.69, 9.17) is 0 Å². The van der Waals surface area contributed by atoms with E-state index in [0.29, 0.717) is 5.69 Å². The second kappa shape index (κ2) is 6.63. The van der Waals surface area contributed by atoms with Gasteiger partial charge in [-0.3, -0.25) is 4.79 Å². The molecule has 1 unspecified atom stereocenters. The van der Waals surface area contributed by atoms with E-state index in [1.54, 1.807) is 6.07 Å². The van der Waals surface area contributed by atoms with Gasteiger partial charge < -0.3 is 5.32 Å². The molecule has 1 N–H and O–H groups in total. The van der Waals surface area contributed by atoms with Gasteiger partial charge in [-0.25, -0.2) is 4.98 Å². The molecule has 0 saturated carbocycles. The van der Waals surface area contributed by atoms with E-state index in [1.807, 2.05) is 26.0 Å². The molecule has 0 spiro atoms. The molecule has 3 nitrogen and oxygen atoms in total. The van der Waals surface area contributed by atoms with Gasteiger partial charge in [0.05, 0.1) is 0 Å². The quantitative estimate of drug-likeness (QED) is 0.845. The van der Waals surface area contributed by atoms with E-state index in [1.165, 1.54) is 0 Å². The zero-order chi connectivity index (χ0) is 12.0. The van der Waals surface area contributed by atoms with Gasteiger partial charge in [0.1, 0.15) is 5.69 Å². The summed E-state index contributed by atoms with van der Waals surface area (Å²) in [5, 5.41) is 3.90. The number of carbonyl (C=O) groups excluding carboxylic acids is 1. The lowest BCUT2D eigenvalue weighted by atomic mass is 10.2. The molecule has 0 aromatic carbocycles. The minimum atomic E-state index is -0.0919. The van der Waals surface area contributed by atoms with E-state index in [0.717, 1.165) is 23.9 Å². The molecule has 88 valence electrons. The van der Waals surface area contributed by atoms with Crippen molar-refractivity contribution >= 4 is 21.8 Å². The monoisotopic (exact) mass is 284 g/mol. The SMILES string of the molecule is Cc1cccc(C(=O)NC(C)CCCBr)n1. The second-order valence-electron chi connectivity index (χ2n) is 3.87. The Morgan fingerprint density at radius 3 is 2.94 bits per heavy atom. The number of aryl methyl sites for hydroxylation is 1. The van der Waals surface area contributed by atoms with Gasteiger partial charge in [0.15, 0.2) is 0 Å². The summed E-state index contributed by atoms with van der Waals surface area (Å²) < 4.78 is 0. The Labute approximate surface area is 105 Å². The van der Waals surface area contributed by atoms with E-state index < -0.39 is 0 Å². The van der Waals surface area contributed by atoms with E-state index >= 15 is 0 Å². The number of alkyl halides is 1. The molecule has 0 aliphatic carbocycles. The molecular formula is C12H17BrN2O. The van der Waals surface area contributed by atoms with Crippen LogP contribution < -0.4 is 5.32 Å². The summed E-state index contributed by atoms with van der Waals surface area (Å²) in [7, 11) is 0. The minimum Gasteiger partial charge on any atom is -0.348 e. The van der Waals surface area contributed by atoms with E-state index in [9.17, 15) is 4.79 Å². The minimum absolute atomic E-state index is 0.0919. The van der Waals surface area contributed by atoms with Crippen molar-refractivity contribution in [2.45, 2.75) is 32.7 Å². The number of amides is 1. The third-order valence-corrected chi connectivity index (χ3v) is 2.83. The average molecular weight is 285 g/mol. The highest BCUT2D eigenvalue weighted by Gasteiger charge is 2.10. The van der Waals surface area contributed by atoms with Crippen LogP contribution in [0.4, 0.5) is 0 Å². The highest BCUT2D eigenvalue weighted by molar-refractivity contribution is 9.09. The third-order valence-electron chi connectivity index (χ3n) is 2.27. The molecule has 1 rings (SSSR count). The number of nitrogens with one attached hydrogen (secondary N) is 1. The molecule has 0 bridgehead atoms. The van der Waals surface area contributed by atoms with Crippen LogP contribution in [0.25, 0.3) is 0 Å². The van der Waals surface area contributed by atoms with Crippen LogP contribution in [0.1, 0.15) is 35.9 Å². The molecule has 1 amide bonds. The van der Waals surface area contributed by atoms with Crippen LogP contribution in [-0.4, -0.2) is 22.3 Å². The normalized spacial score (nSPS) is 12.2. The van der Waals surface area contributed by atoms with Gasteiger partial charge in [0.2, 0.25) is 0 Å². The largest absolute Gasteiger partial charge is 0.348 e. The Bertz CT molecular complexity index is 355. The molecule has 0 fully saturated rings. The van der Waals surface area contributed by atoms with Crippen molar-refractivity contribution in [1.29, 1.82) is 0 Å². The summed E-state index contributed by atoms with van der Waals surface area (Å²) in [5.41, 5.74) is 1.35. The molecule has 1 aromatic heterocycles. The lowest BCUT2D eigenvalue weighted by molar-refractivity contribution is 0.0933. The van der Waals surface area contributed by atoms with Crippen molar-refractivity contribution in [2.75, 3.05) is 5.33 Å². The zero-order valence-corrected chi connectivity index (χ0v) is 11.3. The number of hydrogen-bond acceptors (Lipinski definition) is 2. The highest BCUT2D eigenvalue weighted by Crippen LogP contribution is 2.02. The molecule has 0 aliphatic heterocycles. The first-order chi connectivity index (χ1) is 7.63. The summed E-state index contributed by atoms with van der Waals surface area (Å²) in [6.45, 7) is 3.89. The van der Waals surface area contributed by atoms with Gasteiger partial charge in [-0.1, -0.05) is 22.0 Å². The molecule has 1 heterocycles. The van der Waals surface area contributed by atoms with Gasteiger partial charge in [0, 0.05) is 17.1 Å². The number of hydrogen-bond donors (Lipinski definition) is 1. The maximum absolute atomic E-state index is 11.8. The van der Waals surface area contributed by atoms with Crippen LogP contribution in [0.15, 0.2) is 18.2 Å². The lowest BCUT2D eigenvalue weighted by Crippen LogP contribution is -2.33. The fourth-order valence-electron chi connectivity index (χ4n) is 1.42. The Morgan fingerprint density at radius 2 is 2.31 bits per heavy atom. The molecule has 1 aromatic rings. The molecule has 4 heteroatoms. The Hall–Kier alpha value is -0.900. The molecule has 0 aliphatic rings. The van der Waals surface area contributed by atoms with Crippen molar-refractivity contribution in [3.05, 3.63) is 29.6 Å². The van der Waals surface area contributed by atoms with Crippen LogP contribution in [-0.2, 0) is 0 Å². The summed E-state index contributed by atoms with van der Waals surface area (Å²) >= 11 is 3.37. The Balaban J connectivity index is 2.52. The summed E-state index contributed by atoms with van der Waals surface area (Å²) in [5.74, 6) is -0.0919. The van der Waals surface area contributed by atoms with E-state index in [2.05, 4.69) is 26.2 Å². The summed E-state index contributed by atoms with van der Waals surface area (Å²) in [6, 6.07) is 5.65. The maximum atomic E-state index is 11.8. The van der Waals surface area contributed by atoms with Crippen molar-refractivity contribution in [3.8, 4) is 0 Å². The average Bonchev–Trinajstić information content (AvgIpc) is 2.26. The van der Waals surface area contributed by atoms with Gasteiger partial charge in [-0.15, -0.1) is 0 Å². The van der Waals surface area contributed by atoms with Gasteiger partial charge in [-0.05, 0) is 38.8 Å². The summed E-state index contributed by atoms with van der Waals surface area (Å²) in [4.78, 5) is 16.0. The van der Waals surface area contributed by atoms with Crippen molar-refractivity contribution in [2.24, 2.45) is 0 Å². The number of halogens is 1. The first kappa shape index (κ1) is 13.2. The number of nitrogens with zero attached hydrogens (tertiary/aromatic N) is 1. The fourth-order valence-corrected chi connectivity index (χ4v) is 1.75. The molecule has 16 heavy (non-hydrogen) atoms. The first-order valence-corrected chi connectivity index (χ1v) is 6.56. The first-order valence-electron chi connectivity index (χ1n) is 5.44. The van der Waals surface area contributed by atoms with Crippen molar-refractivity contribution < 1.29 is 4.79 Å². The molecule has 1 atom stereocenters. The predicted molar refractivity (Wildman–Crippen MR) is 68.9 cm³/mol. The second-order valence-corrected chi connectivity index (χ2v) is 4.66. The van der Waals surface area contributed by atoms with Gasteiger partial charge in [0.25, 0.3) is 5.91 Å². The highest BCUT2D eigenvalue weighted by atomic mass is 79.9. The van der Waals surface area contributed by atoms with Gasteiger partial charge >= 0.3 is 0 Å². The maximum Gasteiger partial charge on any atom is 0.270 e. The fraction of sp³-hybridized carbons (Fsp3) is 0.500. The van der Waals surface area contributed by atoms with Crippen LogP contribution >= 0.6 is 15.9 Å².